The van der Waals surface area contributed by atoms with Crippen molar-refractivity contribution in [2.75, 3.05) is 0 Å². The van der Waals surface area contributed by atoms with Crippen LogP contribution in [0.2, 0.25) is 5.02 Å². The summed E-state index contributed by atoms with van der Waals surface area (Å²) < 4.78 is 2.00. The second kappa shape index (κ2) is 6.77. The van der Waals surface area contributed by atoms with Crippen LogP contribution in [0.3, 0.4) is 0 Å². The molecule has 1 aromatic heterocycles. The molecule has 2 aromatic carbocycles. The predicted octanol–water partition coefficient (Wildman–Crippen LogP) is 5.04. The van der Waals surface area contributed by atoms with Crippen molar-refractivity contribution in [3.63, 3.8) is 0 Å². The van der Waals surface area contributed by atoms with Gasteiger partial charge < -0.3 is 4.57 Å². The van der Waals surface area contributed by atoms with Crippen molar-refractivity contribution >= 4 is 23.4 Å². The molecule has 0 amide bonds. The van der Waals surface area contributed by atoms with Gasteiger partial charge in [0.2, 0.25) is 0 Å². The zero-order chi connectivity index (χ0) is 16.4. The maximum absolute atomic E-state index is 6.26. The molecule has 5 heteroatoms. The van der Waals surface area contributed by atoms with Crippen molar-refractivity contribution < 1.29 is 0 Å². The summed E-state index contributed by atoms with van der Waals surface area (Å²) in [7, 11) is 1.98. The molecule has 0 fully saturated rings. The lowest BCUT2D eigenvalue weighted by Gasteiger charge is -2.07. The molecule has 0 saturated carbocycles. The predicted molar refractivity (Wildman–Crippen MR) is 96.9 cm³/mol. The van der Waals surface area contributed by atoms with E-state index in [1.165, 1.54) is 16.7 Å². The lowest BCUT2D eigenvalue weighted by molar-refractivity contribution is 0.793. The number of thioether (sulfide) groups is 1. The van der Waals surface area contributed by atoms with E-state index >= 15 is 0 Å². The van der Waals surface area contributed by atoms with E-state index in [9.17, 15) is 0 Å². The van der Waals surface area contributed by atoms with E-state index in [-0.39, 0.29) is 0 Å². The largest absolute Gasteiger partial charge is 0.305 e. The van der Waals surface area contributed by atoms with Gasteiger partial charge in [0, 0.05) is 18.4 Å². The van der Waals surface area contributed by atoms with E-state index in [4.69, 9.17) is 11.6 Å². The van der Waals surface area contributed by atoms with Gasteiger partial charge in [-0.2, -0.15) is 0 Å². The number of benzene rings is 2. The standard InChI is InChI=1S/C18H18ClN3S/c1-12-8-9-13(2)14(10-12)11-23-18-21-20-17(22(18)3)15-6-4-5-7-16(15)19/h4-10H,11H2,1-3H3. The van der Waals surface area contributed by atoms with Gasteiger partial charge >= 0.3 is 0 Å². The summed E-state index contributed by atoms with van der Waals surface area (Å²) in [5, 5.41) is 10.2. The number of aryl methyl sites for hydroxylation is 2. The Morgan fingerprint density at radius 3 is 2.65 bits per heavy atom. The fourth-order valence-corrected chi connectivity index (χ4v) is 3.61. The zero-order valence-electron chi connectivity index (χ0n) is 13.4. The number of nitrogens with zero attached hydrogens (tertiary/aromatic N) is 3. The van der Waals surface area contributed by atoms with Gasteiger partial charge in [0.1, 0.15) is 0 Å². The van der Waals surface area contributed by atoms with E-state index in [2.05, 4.69) is 42.2 Å². The summed E-state index contributed by atoms with van der Waals surface area (Å²) in [6, 6.07) is 14.2. The van der Waals surface area contributed by atoms with Crippen molar-refractivity contribution in [3.8, 4) is 11.4 Å². The Morgan fingerprint density at radius 2 is 1.87 bits per heavy atom. The second-order valence-electron chi connectivity index (χ2n) is 5.56. The third-order valence-electron chi connectivity index (χ3n) is 3.81. The molecule has 3 rings (SSSR count). The summed E-state index contributed by atoms with van der Waals surface area (Å²) in [6.07, 6.45) is 0. The van der Waals surface area contributed by atoms with Crippen molar-refractivity contribution in [3.05, 3.63) is 64.2 Å². The molecule has 118 valence electrons. The summed E-state index contributed by atoms with van der Waals surface area (Å²) in [5.74, 6) is 1.67. The van der Waals surface area contributed by atoms with Crippen LogP contribution in [0.4, 0.5) is 0 Å². The summed E-state index contributed by atoms with van der Waals surface area (Å²) in [5.41, 5.74) is 4.82. The smallest absolute Gasteiger partial charge is 0.191 e. The molecule has 0 atom stereocenters. The van der Waals surface area contributed by atoms with E-state index < -0.39 is 0 Å². The minimum absolute atomic E-state index is 0.689. The SMILES string of the molecule is Cc1ccc(C)c(CSc2nnc(-c3ccccc3Cl)n2C)c1. The first-order chi connectivity index (χ1) is 11.1. The number of rotatable bonds is 4. The van der Waals surface area contributed by atoms with Crippen molar-refractivity contribution in [1.82, 2.24) is 14.8 Å². The minimum atomic E-state index is 0.689. The van der Waals surface area contributed by atoms with E-state index in [0.717, 1.165) is 22.3 Å². The first-order valence-electron chi connectivity index (χ1n) is 7.39. The summed E-state index contributed by atoms with van der Waals surface area (Å²) in [6.45, 7) is 4.26. The van der Waals surface area contributed by atoms with Gasteiger partial charge in [-0.25, -0.2) is 0 Å². The Hall–Kier alpha value is -1.78. The highest BCUT2D eigenvalue weighted by atomic mass is 35.5. The fourth-order valence-electron chi connectivity index (χ4n) is 2.42. The molecule has 0 aliphatic heterocycles. The maximum atomic E-state index is 6.26. The second-order valence-corrected chi connectivity index (χ2v) is 6.91. The molecule has 0 aliphatic rings. The number of hydrogen-bond donors (Lipinski definition) is 0. The molecule has 0 saturated heterocycles. The zero-order valence-corrected chi connectivity index (χ0v) is 14.9. The number of aromatic nitrogens is 3. The quantitative estimate of drug-likeness (QED) is 0.621. The molecule has 0 aliphatic carbocycles. The van der Waals surface area contributed by atoms with Gasteiger partial charge in [0.15, 0.2) is 11.0 Å². The molecule has 0 bridgehead atoms. The van der Waals surface area contributed by atoms with Gasteiger partial charge in [0.05, 0.1) is 5.02 Å². The lowest BCUT2D eigenvalue weighted by atomic mass is 10.1. The van der Waals surface area contributed by atoms with E-state index in [1.807, 2.05) is 35.9 Å². The molecule has 0 radical (unpaired) electrons. The van der Waals surface area contributed by atoms with Crippen LogP contribution in [-0.2, 0) is 12.8 Å². The monoisotopic (exact) mass is 343 g/mol. The molecule has 1 heterocycles. The van der Waals surface area contributed by atoms with Gasteiger partial charge in [-0.1, -0.05) is 59.3 Å². The molecular formula is C18H18ClN3S. The Kier molecular flexibility index (Phi) is 4.74. The summed E-state index contributed by atoms with van der Waals surface area (Å²) >= 11 is 7.95. The normalized spacial score (nSPS) is 11.0. The molecule has 3 aromatic rings. The van der Waals surface area contributed by atoms with Crippen molar-refractivity contribution in [1.29, 1.82) is 0 Å². The van der Waals surface area contributed by atoms with Crippen LogP contribution < -0.4 is 0 Å². The van der Waals surface area contributed by atoms with Crippen molar-refractivity contribution in [2.24, 2.45) is 7.05 Å². The lowest BCUT2D eigenvalue weighted by Crippen LogP contribution is -1.96. The first kappa shape index (κ1) is 16.1. The van der Waals surface area contributed by atoms with Crippen LogP contribution in [0.1, 0.15) is 16.7 Å². The van der Waals surface area contributed by atoms with Crippen molar-refractivity contribution in [2.45, 2.75) is 24.8 Å². The Balaban J connectivity index is 1.83. The first-order valence-corrected chi connectivity index (χ1v) is 8.76. The molecule has 0 unspecified atom stereocenters. The topological polar surface area (TPSA) is 30.7 Å². The van der Waals surface area contributed by atoms with Crippen LogP contribution in [0.5, 0.6) is 0 Å². The van der Waals surface area contributed by atoms with Gasteiger partial charge in [0.25, 0.3) is 0 Å². The number of halogens is 1. The van der Waals surface area contributed by atoms with E-state index in [1.54, 1.807) is 11.8 Å². The average molecular weight is 344 g/mol. The molecule has 0 N–H and O–H groups in total. The van der Waals surface area contributed by atoms with E-state index in [0.29, 0.717) is 5.02 Å². The number of hydrogen-bond acceptors (Lipinski definition) is 3. The molecule has 23 heavy (non-hydrogen) atoms. The Morgan fingerprint density at radius 1 is 1.09 bits per heavy atom. The van der Waals surface area contributed by atoms with Crippen LogP contribution in [0.15, 0.2) is 47.6 Å². The van der Waals surface area contributed by atoms with Crippen LogP contribution in [0.25, 0.3) is 11.4 Å². The Bertz CT molecular complexity index is 842. The highest BCUT2D eigenvalue weighted by Crippen LogP contribution is 2.29. The van der Waals surface area contributed by atoms with Crippen LogP contribution >= 0.6 is 23.4 Å². The van der Waals surface area contributed by atoms with Gasteiger partial charge in [-0.05, 0) is 37.1 Å². The van der Waals surface area contributed by atoms with Gasteiger partial charge in [-0.3, -0.25) is 0 Å². The minimum Gasteiger partial charge on any atom is -0.305 e. The highest BCUT2D eigenvalue weighted by Gasteiger charge is 2.14. The maximum Gasteiger partial charge on any atom is 0.191 e. The molecule has 0 spiro atoms. The highest BCUT2D eigenvalue weighted by molar-refractivity contribution is 7.98. The summed E-state index contributed by atoms with van der Waals surface area (Å²) in [4.78, 5) is 0. The van der Waals surface area contributed by atoms with Crippen LogP contribution in [-0.4, -0.2) is 14.8 Å². The van der Waals surface area contributed by atoms with Crippen LogP contribution in [0, 0.1) is 13.8 Å². The fraction of sp³-hybridized carbons (Fsp3) is 0.222. The Labute approximate surface area is 145 Å². The van der Waals surface area contributed by atoms with Gasteiger partial charge in [-0.15, -0.1) is 10.2 Å². The molecular weight excluding hydrogens is 326 g/mol. The third-order valence-corrected chi connectivity index (χ3v) is 5.21. The third kappa shape index (κ3) is 3.43. The molecule has 3 nitrogen and oxygen atoms in total. The average Bonchev–Trinajstić information content (AvgIpc) is 2.90.